The Bertz CT molecular complexity index is 1520. The normalized spacial score (nSPS) is 11.9. The molecule has 0 aliphatic heterocycles. The predicted molar refractivity (Wildman–Crippen MR) is 110 cm³/mol. The summed E-state index contributed by atoms with van der Waals surface area (Å²) in [5.41, 5.74) is -4.88. The number of halogens is 7. The summed E-state index contributed by atoms with van der Waals surface area (Å²) in [6.45, 7) is 0. The first kappa shape index (κ1) is 26.0. The molecule has 0 bridgehead atoms. The highest BCUT2D eigenvalue weighted by Crippen LogP contribution is 2.36. The zero-order chi connectivity index (χ0) is 27.8. The molecule has 4 aromatic rings. The van der Waals surface area contributed by atoms with Gasteiger partial charge in [-0.3, -0.25) is 10.1 Å². The van der Waals surface area contributed by atoms with E-state index >= 15 is 0 Å². The van der Waals surface area contributed by atoms with Gasteiger partial charge in [-0.25, -0.2) is 23.8 Å². The smallest absolute Gasteiger partial charge is 0.434 e. The molecule has 0 aromatic carbocycles. The highest BCUT2D eigenvalue weighted by molar-refractivity contribution is 6.05. The third-order valence-corrected chi connectivity index (χ3v) is 4.59. The summed E-state index contributed by atoms with van der Waals surface area (Å²) in [5.74, 6) is -5.15. The van der Waals surface area contributed by atoms with Crippen LogP contribution < -0.4 is 10.6 Å². The van der Waals surface area contributed by atoms with Crippen molar-refractivity contribution in [1.29, 1.82) is 0 Å². The molecule has 3 N–H and O–H groups in total. The van der Waals surface area contributed by atoms with Gasteiger partial charge >= 0.3 is 18.4 Å². The van der Waals surface area contributed by atoms with E-state index in [0.29, 0.717) is 23.1 Å². The zero-order valence-electron chi connectivity index (χ0n) is 18.1. The maximum atomic E-state index is 13.9. The second kappa shape index (κ2) is 9.41. The number of carboxylic acid groups (broad SMARTS) is 1. The van der Waals surface area contributed by atoms with E-state index < -0.39 is 70.1 Å². The van der Waals surface area contributed by atoms with Crippen LogP contribution in [0.1, 0.15) is 21.6 Å². The lowest BCUT2D eigenvalue weighted by molar-refractivity contribution is -0.143. The minimum absolute atomic E-state index is 0.0905. The summed E-state index contributed by atoms with van der Waals surface area (Å²) in [5, 5.41) is 22.7. The Balaban J connectivity index is 1.73. The van der Waals surface area contributed by atoms with E-state index in [1.165, 1.54) is 0 Å². The number of pyridine rings is 2. The Labute approximate surface area is 204 Å². The molecule has 0 aliphatic rings. The molecule has 0 saturated carbocycles. The number of hydrogen-bond donors (Lipinski definition) is 3. The van der Waals surface area contributed by atoms with E-state index in [-0.39, 0.29) is 4.68 Å². The number of nitrogens with one attached hydrogen (secondary N) is 2. The van der Waals surface area contributed by atoms with Crippen LogP contribution in [0, 0.1) is 5.82 Å². The lowest BCUT2D eigenvalue weighted by Gasteiger charge is -2.14. The van der Waals surface area contributed by atoms with Gasteiger partial charge in [0.1, 0.15) is 5.56 Å². The summed E-state index contributed by atoms with van der Waals surface area (Å²) in [4.78, 5) is 31.0. The van der Waals surface area contributed by atoms with Gasteiger partial charge in [0.2, 0.25) is 0 Å². The molecule has 0 atom stereocenters. The summed E-state index contributed by atoms with van der Waals surface area (Å²) in [6.07, 6.45) is -8.66. The molecule has 0 fully saturated rings. The fourth-order valence-corrected chi connectivity index (χ4v) is 3.12. The number of carbonyl (C=O) groups excluding carboxylic acids is 1. The summed E-state index contributed by atoms with van der Waals surface area (Å²) >= 11 is 0. The molecule has 198 valence electrons. The van der Waals surface area contributed by atoms with Crippen LogP contribution in [0.5, 0.6) is 0 Å². The van der Waals surface area contributed by atoms with Crippen LogP contribution in [-0.2, 0) is 12.4 Å². The van der Waals surface area contributed by atoms with E-state index in [1.807, 2.05) is 5.32 Å². The van der Waals surface area contributed by atoms with Crippen molar-refractivity contribution in [3.05, 3.63) is 65.6 Å². The molecular formula is C19H10F7N9O3. The molecule has 0 radical (unpaired) electrons. The van der Waals surface area contributed by atoms with Crippen molar-refractivity contribution in [3.63, 3.8) is 0 Å². The Morgan fingerprint density at radius 1 is 0.921 bits per heavy atom. The fraction of sp³-hybridized carbons (Fsp3) is 0.105. The van der Waals surface area contributed by atoms with Gasteiger partial charge in [-0.1, -0.05) is 0 Å². The molecule has 4 rings (SSSR count). The maximum absolute atomic E-state index is 13.9. The second-order valence-corrected chi connectivity index (χ2v) is 7.11. The first-order chi connectivity index (χ1) is 17.8. The van der Waals surface area contributed by atoms with Crippen LogP contribution in [0.4, 0.5) is 47.0 Å². The third kappa shape index (κ3) is 5.20. The Kier molecular flexibility index (Phi) is 6.43. The lowest BCUT2D eigenvalue weighted by Crippen LogP contribution is -2.22. The molecule has 38 heavy (non-hydrogen) atoms. The van der Waals surface area contributed by atoms with E-state index in [2.05, 4.69) is 25.3 Å². The monoisotopic (exact) mass is 545 g/mol. The van der Waals surface area contributed by atoms with Crippen molar-refractivity contribution in [2.24, 2.45) is 0 Å². The van der Waals surface area contributed by atoms with Crippen molar-refractivity contribution in [2.45, 2.75) is 12.4 Å². The molecular weight excluding hydrogens is 535 g/mol. The maximum Gasteiger partial charge on any atom is 0.434 e. The molecule has 0 unspecified atom stereocenters. The fourth-order valence-electron chi connectivity index (χ4n) is 3.12. The van der Waals surface area contributed by atoms with E-state index in [0.717, 1.165) is 24.7 Å². The minimum Gasteiger partial charge on any atom is -0.465 e. The average molecular weight is 545 g/mol. The Morgan fingerprint density at radius 3 is 2.21 bits per heavy atom. The highest BCUT2D eigenvalue weighted by Gasteiger charge is 2.41. The number of nitrogens with zero attached hydrogens (tertiary/aromatic N) is 7. The average Bonchev–Trinajstić information content (AvgIpc) is 3.50. The number of carbonyl (C=O) groups is 2. The van der Waals surface area contributed by atoms with Gasteiger partial charge in [-0.05, 0) is 18.2 Å². The molecule has 0 saturated heterocycles. The summed E-state index contributed by atoms with van der Waals surface area (Å²) in [7, 11) is 0. The molecule has 12 nitrogen and oxygen atoms in total. The van der Waals surface area contributed by atoms with Gasteiger partial charge in [0.05, 0.1) is 36.0 Å². The number of hydrogen-bond acceptors (Lipinski definition) is 7. The largest absolute Gasteiger partial charge is 0.465 e. The second-order valence-electron chi connectivity index (χ2n) is 7.11. The van der Waals surface area contributed by atoms with Gasteiger partial charge < -0.3 is 10.4 Å². The zero-order valence-corrected chi connectivity index (χ0v) is 18.1. The number of aromatic nitrogens is 7. The number of rotatable bonds is 5. The molecule has 19 heteroatoms. The molecule has 4 heterocycles. The minimum atomic E-state index is -5.27. The van der Waals surface area contributed by atoms with Crippen LogP contribution in [0.2, 0.25) is 0 Å². The van der Waals surface area contributed by atoms with Gasteiger partial charge in [-0.2, -0.15) is 41.6 Å². The van der Waals surface area contributed by atoms with Crippen molar-refractivity contribution < 1.29 is 45.4 Å². The Morgan fingerprint density at radius 2 is 1.61 bits per heavy atom. The van der Waals surface area contributed by atoms with Crippen molar-refractivity contribution in [3.8, 4) is 11.6 Å². The highest BCUT2D eigenvalue weighted by atomic mass is 19.4. The van der Waals surface area contributed by atoms with Crippen LogP contribution in [0.15, 0.2) is 43.0 Å². The molecule has 2 amide bonds. The van der Waals surface area contributed by atoms with Crippen LogP contribution >= 0.6 is 0 Å². The number of amides is 2. The van der Waals surface area contributed by atoms with E-state index in [1.54, 1.807) is 5.32 Å². The van der Waals surface area contributed by atoms with Crippen LogP contribution in [0.3, 0.4) is 0 Å². The topological polar surface area (TPSA) is 153 Å². The number of alkyl halides is 6. The van der Waals surface area contributed by atoms with E-state index in [9.17, 15) is 40.3 Å². The first-order valence-electron chi connectivity index (χ1n) is 9.83. The SMILES string of the molecule is O=C(O)Nc1nc(-n2ncc(C(=O)Nc3cnc(-n4nccn4)c(C(F)(F)F)c3)c2C(F)(F)F)ccc1F. The van der Waals surface area contributed by atoms with Crippen molar-refractivity contribution in [1.82, 2.24) is 34.7 Å². The number of anilines is 2. The quantitative estimate of drug-likeness (QED) is 0.321. The standard InChI is InChI=1S/C19H10F7N9O3/c20-11-1-2-12(32-14(11)33-17(37)38)34-13(19(24,25)26)9(7-30-34)16(36)31-8-5-10(18(21,22)23)15(27-6-8)35-28-3-4-29-35/h1-7H,(H,31,36)(H,32,33)(H,37,38). The van der Waals surface area contributed by atoms with E-state index in [4.69, 9.17) is 5.11 Å². The van der Waals surface area contributed by atoms with Crippen LogP contribution in [0.25, 0.3) is 11.6 Å². The van der Waals surface area contributed by atoms with Gasteiger partial charge in [0.15, 0.2) is 29.0 Å². The molecule has 4 aromatic heterocycles. The summed E-state index contributed by atoms with van der Waals surface area (Å²) < 4.78 is 96.4. The summed E-state index contributed by atoms with van der Waals surface area (Å²) in [6, 6.07) is 1.76. The first-order valence-corrected chi connectivity index (χ1v) is 9.83. The van der Waals surface area contributed by atoms with Crippen LogP contribution in [-0.4, -0.2) is 51.8 Å². The van der Waals surface area contributed by atoms with Crippen molar-refractivity contribution in [2.75, 3.05) is 10.6 Å². The molecule has 0 aliphatic carbocycles. The van der Waals surface area contributed by atoms with Gasteiger partial charge in [0.25, 0.3) is 5.91 Å². The molecule has 0 spiro atoms. The van der Waals surface area contributed by atoms with Gasteiger partial charge in [0, 0.05) is 0 Å². The lowest BCUT2D eigenvalue weighted by atomic mass is 10.2. The van der Waals surface area contributed by atoms with Gasteiger partial charge in [-0.15, -0.1) is 4.80 Å². The third-order valence-electron chi connectivity index (χ3n) is 4.59. The van der Waals surface area contributed by atoms with Crippen molar-refractivity contribution >= 4 is 23.5 Å². The Hall–Kier alpha value is -5.10. The predicted octanol–water partition coefficient (Wildman–Crippen LogP) is 3.76.